The van der Waals surface area contributed by atoms with E-state index in [1.54, 1.807) is 0 Å². The fourth-order valence-electron chi connectivity index (χ4n) is 2.99. The summed E-state index contributed by atoms with van der Waals surface area (Å²) in [6.45, 7) is 6.76. The third-order valence-electron chi connectivity index (χ3n) is 4.73. The Morgan fingerprint density at radius 1 is 1.31 bits per heavy atom. The van der Waals surface area contributed by atoms with Gasteiger partial charge in [0.2, 0.25) is 0 Å². The summed E-state index contributed by atoms with van der Waals surface area (Å²) in [5, 5.41) is 12.4. The first kappa shape index (κ1) is 9.50. The maximum absolute atomic E-state index is 8.97. The van der Waals surface area contributed by atoms with Crippen LogP contribution >= 0.6 is 15.9 Å². The normalized spacial score (nSPS) is 50.3. The van der Waals surface area contributed by atoms with Crippen molar-refractivity contribution in [2.75, 3.05) is 0 Å². The number of hydrogen-bond donors (Lipinski definition) is 1. The van der Waals surface area contributed by atoms with Gasteiger partial charge in [0.15, 0.2) is 0 Å². The third-order valence-corrected chi connectivity index (χ3v) is 6.39. The third kappa shape index (κ3) is 0.821. The second-order valence-electron chi connectivity index (χ2n) is 5.15. The SMILES string of the molecule is CC12CCC(Br)(CC1=NO)C2(C)C. The summed E-state index contributed by atoms with van der Waals surface area (Å²) in [6.07, 6.45) is 3.22. The molecule has 3 heteroatoms. The van der Waals surface area contributed by atoms with E-state index < -0.39 is 0 Å². The molecule has 0 heterocycles. The van der Waals surface area contributed by atoms with Crippen LogP contribution in [-0.2, 0) is 0 Å². The summed E-state index contributed by atoms with van der Waals surface area (Å²) in [4.78, 5) is 0. The smallest absolute Gasteiger partial charge is 0.0649 e. The Labute approximate surface area is 87.5 Å². The molecule has 0 aromatic heterocycles. The van der Waals surface area contributed by atoms with Gasteiger partial charge in [0.1, 0.15) is 0 Å². The van der Waals surface area contributed by atoms with Crippen LogP contribution in [0.1, 0.15) is 40.0 Å². The predicted molar refractivity (Wildman–Crippen MR) is 56.6 cm³/mol. The summed E-state index contributed by atoms with van der Waals surface area (Å²) >= 11 is 3.83. The number of rotatable bonds is 0. The minimum atomic E-state index is 0.0885. The van der Waals surface area contributed by atoms with Gasteiger partial charge < -0.3 is 5.21 Å². The van der Waals surface area contributed by atoms with Crippen LogP contribution < -0.4 is 0 Å². The monoisotopic (exact) mass is 245 g/mol. The Hall–Kier alpha value is -0.0500. The number of fused-ring (bicyclic) bond motifs is 2. The van der Waals surface area contributed by atoms with Gasteiger partial charge in [-0.05, 0) is 18.3 Å². The Morgan fingerprint density at radius 3 is 2.15 bits per heavy atom. The predicted octanol–water partition coefficient (Wildman–Crippen LogP) is 3.18. The fraction of sp³-hybridized carbons (Fsp3) is 0.900. The van der Waals surface area contributed by atoms with E-state index in [-0.39, 0.29) is 15.2 Å². The van der Waals surface area contributed by atoms with Crippen LogP contribution in [0.3, 0.4) is 0 Å². The van der Waals surface area contributed by atoms with Gasteiger partial charge in [0.25, 0.3) is 0 Å². The highest BCUT2D eigenvalue weighted by Gasteiger charge is 2.67. The molecule has 0 aromatic carbocycles. The van der Waals surface area contributed by atoms with Crippen molar-refractivity contribution < 1.29 is 5.21 Å². The Bertz CT molecular complexity index is 287. The van der Waals surface area contributed by atoms with E-state index in [4.69, 9.17) is 5.21 Å². The molecule has 0 aromatic rings. The lowest BCUT2D eigenvalue weighted by atomic mass is 9.70. The second kappa shape index (κ2) is 2.30. The molecule has 2 aliphatic rings. The van der Waals surface area contributed by atoms with Gasteiger partial charge in [-0.15, -0.1) is 0 Å². The first-order valence-corrected chi connectivity index (χ1v) is 5.57. The van der Waals surface area contributed by atoms with Crippen molar-refractivity contribution in [1.82, 2.24) is 0 Å². The van der Waals surface area contributed by atoms with Crippen molar-refractivity contribution in [2.45, 2.75) is 44.4 Å². The average Bonchev–Trinajstić information content (AvgIpc) is 2.32. The standard InChI is InChI=1S/C10H16BrNO/c1-8(2)9(3)4-5-10(8,11)6-7(9)12-13/h13H,4-6H2,1-3H3. The lowest BCUT2D eigenvalue weighted by molar-refractivity contribution is 0.210. The zero-order chi connectivity index (χ0) is 9.91. The zero-order valence-corrected chi connectivity index (χ0v) is 9.98. The molecular weight excluding hydrogens is 230 g/mol. The van der Waals surface area contributed by atoms with Crippen molar-refractivity contribution >= 4 is 21.6 Å². The highest BCUT2D eigenvalue weighted by Crippen LogP contribution is 2.69. The number of oxime groups is 1. The van der Waals surface area contributed by atoms with Crippen molar-refractivity contribution in [3.8, 4) is 0 Å². The molecule has 2 atom stereocenters. The van der Waals surface area contributed by atoms with E-state index in [1.165, 1.54) is 6.42 Å². The number of hydrogen-bond acceptors (Lipinski definition) is 2. The fourth-order valence-corrected chi connectivity index (χ4v) is 3.89. The summed E-state index contributed by atoms with van der Waals surface area (Å²) < 4.78 is 0.163. The molecule has 0 aliphatic heterocycles. The van der Waals surface area contributed by atoms with E-state index in [2.05, 4.69) is 41.9 Å². The van der Waals surface area contributed by atoms with Crippen LogP contribution in [0.5, 0.6) is 0 Å². The van der Waals surface area contributed by atoms with Gasteiger partial charge in [-0.2, -0.15) is 0 Å². The highest BCUT2D eigenvalue weighted by atomic mass is 79.9. The number of nitrogens with zero attached hydrogens (tertiary/aromatic N) is 1. The molecule has 0 radical (unpaired) electrons. The zero-order valence-electron chi connectivity index (χ0n) is 8.39. The van der Waals surface area contributed by atoms with Gasteiger partial charge in [0.05, 0.1) is 5.71 Å². The van der Waals surface area contributed by atoms with Crippen LogP contribution in [0, 0.1) is 10.8 Å². The first-order chi connectivity index (χ1) is 5.87. The molecule has 0 amide bonds. The van der Waals surface area contributed by atoms with Gasteiger partial charge >= 0.3 is 0 Å². The van der Waals surface area contributed by atoms with Crippen LogP contribution in [0.15, 0.2) is 5.16 Å². The number of alkyl halides is 1. The lowest BCUT2D eigenvalue weighted by Crippen LogP contribution is -2.36. The molecule has 0 spiro atoms. The van der Waals surface area contributed by atoms with Crippen molar-refractivity contribution in [3.63, 3.8) is 0 Å². The highest BCUT2D eigenvalue weighted by molar-refractivity contribution is 9.10. The molecule has 2 unspecified atom stereocenters. The van der Waals surface area contributed by atoms with E-state index in [0.717, 1.165) is 18.6 Å². The molecule has 2 nitrogen and oxygen atoms in total. The largest absolute Gasteiger partial charge is 0.411 e. The van der Waals surface area contributed by atoms with Crippen LogP contribution in [-0.4, -0.2) is 15.2 Å². The summed E-state index contributed by atoms with van der Waals surface area (Å²) in [6, 6.07) is 0. The van der Waals surface area contributed by atoms with E-state index in [1.807, 2.05) is 0 Å². The molecule has 74 valence electrons. The minimum absolute atomic E-state index is 0.0885. The summed E-state index contributed by atoms with van der Waals surface area (Å²) in [7, 11) is 0. The van der Waals surface area contributed by atoms with Gasteiger partial charge in [0, 0.05) is 16.2 Å². The molecular formula is C10H16BrNO. The van der Waals surface area contributed by atoms with Crippen molar-refractivity contribution in [2.24, 2.45) is 16.0 Å². The van der Waals surface area contributed by atoms with Gasteiger partial charge in [-0.25, -0.2) is 0 Å². The van der Waals surface area contributed by atoms with Crippen LogP contribution in [0.2, 0.25) is 0 Å². The molecule has 2 fully saturated rings. The Kier molecular flexibility index (Phi) is 1.68. The van der Waals surface area contributed by atoms with Gasteiger partial charge in [-0.3, -0.25) is 0 Å². The quantitative estimate of drug-likeness (QED) is 0.397. The molecule has 13 heavy (non-hydrogen) atoms. The maximum Gasteiger partial charge on any atom is 0.0649 e. The number of halogens is 1. The molecule has 0 saturated heterocycles. The van der Waals surface area contributed by atoms with E-state index in [0.29, 0.717) is 0 Å². The second-order valence-corrected chi connectivity index (χ2v) is 6.66. The lowest BCUT2D eigenvalue weighted by Gasteiger charge is -2.36. The van der Waals surface area contributed by atoms with E-state index in [9.17, 15) is 0 Å². The minimum Gasteiger partial charge on any atom is -0.411 e. The van der Waals surface area contributed by atoms with Crippen molar-refractivity contribution in [1.29, 1.82) is 0 Å². The van der Waals surface area contributed by atoms with Crippen LogP contribution in [0.25, 0.3) is 0 Å². The Balaban J connectivity index is 2.55. The summed E-state index contributed by atoms with van der Waals surface area (Å²) in [5.74, 6) is 0. The Morgan fingerprint density at radius 2 is 1.92 bits per heavy atom. The molecule has 1 N–H and O–H groups in total. The molecule has 2 rings (SSSR count). The van der Waals surface area contributed by atoms with Crippen molar-refractivity contribution in [3.05, 3.63) is 0 Å². The maximum atomic E-state index is 8.97. The molecule has 2 saturated carbocycles. The molecule has 2 aliphatic carbocycles. The summed E-state index contributed by atoms with van der Waals surface area (Å²) in [5.41, 5.74) is 1.26. The first-order valence-electron chi connectivity index (χ1n) is 4.78. The average molecular weight is 246 g/mol. The van der Waals surface area contributed by atoms with Crippen LogP contribution in [0.4, 0.5) is 0 Å². The van der Waals surface area contributed by atoms with E-state index >= 15 is 0 Å². The van der Waals surface area contributed by atoms with Gasteiger partial charge in [-0.1, -0.05) is 41.9 Å². The topological polar surface area (TPSA) is 32.6 Å². The molecule has 2 bridgehead atoms.